The Hall–Kier alpha value is -2.78. The zero-order valence-corrected chi connectivity index (χ0v) is 10.6. The Morgan fingerprint density at radius 2 is 2.25 bits per heavy atom. The summed E-state index contributed by atoms with van der Waals surface area (Å²) in [7, 11) is 0. The lowest BCUT2D eigenvalue weighted by atomic mass is 10.1. The molecule has 0 aliphatic carbocycles. The molecule has 1 heterocycles. The fraction of sp³-hybridized carbons (Fsp3) is 0.143. The van der Waals surface area contributed by atoms with Gasteiger partial charge in [0.15, 0.2) is 0 Å². The number of pyridine rings is 1. The molecule has 0 aliphatic heterocycles. The molecule has 0 bridgehead atoms. The molecule has 1 atom stereocenters. The van der Waals surface area contributed by atoms with E-state index in [9.17, 15) is 15.4 Å². The van der Waals surface area contributed by atoms with Gasteiger partial charge in [-0.25, -0.2) is 0 Å². The minimum atomic E-state index is -0.602. The van der Waals surface area contributed by atoms with Crippen molar-refractivity contribution in [3.05, 3.63) is 70.0 Å². The number of nitrogens with zero attached hydrogens (tertiary/aromatic N) is 3. The van der Waals surface area contributed by atoms with Crippen LogP contribution in [0.2, 0.25) is 0 Å². The summed E-state index contributed by atoms with van der Waals surface area (Å²) in [6, 6.07) is 11.3. The Labute approximate surface area is 115 Å². The first-order chi connectivity index (χ1) is 9.70. The summed E-state index contributed by atoms with van der Waals surface area (Å²) >= 11 is 0. The highest BCUT2D eigenvalue weighted by atomic mass is 16.6. The van der Waals surface area contributed by atoms with Crippen LogP contribution < -0.4 is 5.32 Å². The maximum absolute atomic E-state index is 10.7. The molecule has 0 saturated heterocycles. The van der Waals surface area contributed by atoms with Crippen LogP contribution in [0.5, 0.6) is 0 Å². The summed E-state index contributed by atoms with van der Waals surface area (Å²) in [5.74, 6) is 0. The van der Waals surface area contributed by atoms with Crippen molar-refractivity contribution in [3.63, 3.8) is 0 Å². The third kappa shape index (κ3) is 3.37. The van der Waals surface area contributed by atoms with Crippen molar-refractivity contribution < 1.29 is 4.92 Å². The van der Waals surface area contributed by atoms with Crippen molar-refractivity contribution in [2.75, 3.05) is 0 Å². The van der Waals surface area contributed by atoms with E-state index in [1.54, 1.807) is 24.5 Å². The van der Waals surface area contributed by atoms with E-state index >= 15 is 0 Å². The van der Waals surface area contributed by atoms with Crippen LogP contribution in [-0.2, 0) is 6.54 Å². The molecule has 100 valence electrons. The molecule has 1 N–H and O–H groups in total. The van der Waals surface area contributed by atoms with Gasteiger partial charge in [-0.2, -0.15) is 5.26 Å². The number of nitro benzene ring substituents is 1. The Kier molecular flexibility index (Phi) is 4.37. The van der Waals surface area contributed by atoms with E-state index in [1.807, 2.05) is 12.1 Å². The Balaban J connectivity index is 2.11. The largest absolute Gasteiger partial charge is 0.294 e. The van der Waals surface area contributed by atoms with Gasteiger partial charge in [-0.1, -0.05) is 18.2 Å². The van der Waals surface area contributed by atoms with E-state index in [0.29, 0.717) is 12.1 Å². The predicted molar refractivity (Wildman–Crippen MR) is 72.5 cm³/mol. The summed E-state index contributed by atoms with van der Waals surface area (Å²) in [6.45, 7) is 0.467. The molecule has 0 aliphatic rings. The van der Waals surface area contributed by atoms with Gasteiger partial charge >= 0.3 is 0 Å². The number of hydrogen-bond acceptors (Lipinski definition) is 5. The third-order valence-corrected chi connectivity index (χ3v) is 2.78. The molecule has 0 fully saturated rings. The van der Waals surface area contributed by atoms with Crippen LogP contribution in [0.3, 0.4) is 0 Å². The first kappa shape index (κ1) is 13.6. The van der Waals surface area contributed by atoms with E-state index in [2.05, 4.69) is 16.4 Å². The van der Waals surface area contributed by atoms with Crippen LogP contribution in [0.25, 0.3) is 0 Å². The lowest BCUT2D eigenvalue weighted by Gasteiger charge is -2.11. The fourth-order valence-electron chi connectivity index (χ4n) is 1.78. The van der Waals surface area contributed by atoms with Crippen LogP contribution in [0.4, 0.5) is 5.69 Å². The average Bonchev–Trinajstić information content (AvgIpc) is 2.49. The monoisotopic (exact) mass is 268 g/mol. The molecule has 2 aromatic rings. The number of hydrogen-bond donors (Lipinski definition) is 1. The van der Waals surface area contributed by atoms with Gasteiger partial charge in [0.2, 0.25) is 0 Å². The smallest absolute Gasteiger partial charge is 0.269 e. The Morgan fingerprint density at radius 1 is 1.40 bits per heavy atom. The lowest BCUT2D eigenvalue weighted by Crippen LogP contribution is -2.19. The van der Waals surface area contributed by atoms with Crippen LogP contribution in [0.15, 0.2) is 48.8 Å². The fourth-order valence-corrected chi connectivity index (χ4v) is 1.78. The summed E-state index contributed by atoms with van der Waals surface area (Å²) < 4.78 is 0. The molecular weight excluding hydrogens is 256 g/mol. The minimum Gasteiger partial charge on any atom is -0.294 e. The molecule has 1 aromatic heterocycles. The highest BCUT2D eigenvalue weighted by Crippen LogP contribution is 2.19. The zero-order valence-electron chi connectivity index (χ0n) is 10.6. The van der Waals surface area contributed by atoms with E-state index in [4.69, 9.17) is 0 Å². The molecule has 6 nitrogen and oxygen atoms in total. The Bertz CT molecular complexity index is 637. The second-order valence-electron chi connectivity index (χ2n) is 4.16. The molecular formula is C14H12N4O2. The van der Waals surface area contributed by atoms with Gasteiger partial charge in [0.1, 0.15) is 6.04 Å². The minimum absolute atomic E-state index is 0.0223. The van der Waals surface area contributed by atoms with Gasteiger partial charge in [0.05, 0.1) is 11.0 Å². The number of nitriles is 1. The molecule has 6 heteroatoms. The van der Waals surface area contributed by atoms with Crippen molar-refractivity contribution in [2.24, 2.45) is 0 Å². The molecule has 0 saturated carbocycles. The van der Waals surface area contributed by atoms with Crippen LogP contribution in [0.1, 0.15) is 17.2 Å². The topological polar surface area (TPSA) is 91.8 Å². The van der Waals surface area contributed by atoms with Crippen molar-refractivity contribution in [2.45, 2.75) is 12.6 Å². The molecule has 1 aromatic carbocycles. The predicted octanol–water partition coefficient (Wildman–Crippen LogP) is 2.34. The molecule has 0 radical (unpaired) electrons. The maximum Gasteiger partial charge on any atom is 0.269 e. The van der Waals surface area contributed by atoms with Gasteiger partial charge in [0, 0.05) is 31.1 Å². The second kappa shape index (κ2) is 6.41. The highest BCUT2D eigenvalue weighted by Gasteiger charge is 2.13. The average molecular weight is 268 g/mol. The molecule has 0 spiro atoms. The van der Waals surface area contributed by atoms with Gasteiger partial charge in [0.25, 0.3) is 5.69 Å². The normalized spacial score (nSPS) is 11.6. The van der Waals surface area contributed by atoms with Crippen LogP contribution >= 0.6 is 0 Å². The second-order valence-corrected chi connectivity index (χ2v) is 4.16. The van der Waals surface area contributed by atoms with Crippen LogP contribution in [-0.4, -0.2) is 9.91 Å². The third-order valence-electron chi connectivity index (χ3n) is 2.78. The van der Waals surface area contributed by atoms with Crippen molar-refractivity contribution >= 4 is 5.69 Å². The first-order valence-corrected chi connectivity index (χ1v) is 5.97. The van der Waals surface area contributed by atoms with Gasteiger partial charge < -0.3 is 0 Å². The molecule has 2 rings (SSSR count). The summed E-state index contributed by atoms with van der Waals surface area (Å²) in [5.41, 5.74) is 1.50. The summed E-state index contributed by atoms with van der Waals surface area (Å²) in [5, 5.41) is 23.0. The van der Waals surface area contributed by atoms with Gasteiger partial charge in [-0.15, -0.1) is 0 Å². The quantitative estimate of drug-likeness (QED) is 0.663. The zero-order chi connectivity index (χ0) is 14.4. The lowest BCUT2D eigenvalue weighted by molar-refractivity contribution is -0.384. The molecule has 20 heavy (non-hydrogen) atoms. The summed E-state index contributed by atoms with van der Waals surface area (Å²) in [4.78, 5) is 14.3. The van der Waals surface area contributed by atoms with Crippen LogP contribution in [0, 0.1) is 21.4 Å². The first-order valence-electron chi connectivity index (χ1n) is 5.97. The number of rotatable bonds is 5. The highest BCUT2D eigenvalue weighted by molar-refractivity contribution is 5.37. The van der Waals surface area contributed by atoms with Crippen molar-refractivity contribution in [1.29, 1.82) is 5.26 Å². The summed E-state index contributed by atoms with van der Waals surface area (Å²) in [6.07, 6.45) is 3.38. The van der Waals surface area contributed by atoms with E-state index in [1.165, 1.54) is 12.1 Å². The number of non-ortho nitro benzene ring substituents is 1. The molecule has 0 amide bonds. The number of aromatic nitrogens is 1. The van der Waals surface area contributed by atoms with E-state index in [0.717, 1.165) is 5.56 Å². The molecule has 1 unspecified atom stereocenters. The maximum atomic E-state index is 10.7. The van der Waals surface area contributed by atoms with Gasteiger partial charge in [-0.05, 0) is 17.2 Å². The van der Waals surface area contributed by atoms with E-state index < -0.39 is 11.0 Å². The number of nitrogens with one attached hydrogen (secondary N) is 1. The van der Waals surface area contributed by atoms with Crippen molar-refractivity contribution in [3.8, 4) is 6.07 Å². The van der Waals surface area contributed by atoms with E-state index in [-0.39, 0.29) is 5.69 Å². The Morgan fingerprint density at radius 3 is 2.90 bits per heavy atom. The van der Waals surface area contributed by atoms with Crippen molar-refractivity contribution in [1.82, 2.24) is 10.3 Å². The SMILES string of the molecule is N#CC(NCc1cccnc1)c1cccc([N+](=O)[O-])c1. The number of nitro groups is 1. The standard InChI is InChI=1S/C14H12N4O2/c15-8-14(17-10-11-3-2-6-16-9-11)12-4-1-5-13(7-12)18(19)20/h1-7,9,14,17H,10H2. The number of benzene rings is 1. The van der Waals surface area contributed by atoms with Gasteiger partial charge in [-0.3, -0.25) is 20.4 Å².